The van der Waals surface area contributed by atoms with Crippen molar-refractivity contribution >= 4 is 29.7 Å². The Balaban J connectivity index is 1.48. The van der Waals surface area contributed by atoms with Crippen molar-refractivity contribution < 1.29 is 48.4 Å². The molecule has 1 aromatic carbocycles. The number of hydrogen-bond acceptors (Lipinski definition) is 9. The summed E-state index contributed by atoms with van der Waals surface area (Å²) in [6, 6.07) is 5.49. The first kappa shape index (κ1) is 31.8. The summed E-state index contributed by atoms with van der Waals surface area (Å²) in [5.41, 5.74) is 1.54. The van der Waals surface area contributed by atoms with Gasteiger partial charge in [0.25, 0.3) is 11.8 Å². The average molecular weight is 575 g/mol. The molecule has 0 spiro atoms. The number of aliphatic hydroxyl groups excluding tert-OH is 1. The minimum absolute atomic E-state index is 0.0240. The van der Waals surface area contributed by atoms with Crippen LogP contribution in [0.1, 0.15) is 63.5 Å². The van der Waals surface area contributed by atoms with Gasteiger partial charge in [-0.05, 0) is 30.9 Å². The van der Waals surface area contributed by atoms with Gasteiger partial charge in [0.2, 0.25) is 12.2 Å². The molecule has 0 aliphatic carbocycles. The SMILES string of the molecule is CC(C)C(=O)OCc1ccc(CCCCCNC(=O)CCN2C(=O)C=CC2=O)cc1O[C@H]1C[C@@H](O)C[C@@H](C(=O)O)O1. The lowest BCUT2D eigenvalue weighted by Crippen LogP contribution is -2.42. The highest BCUT2D eigenvalue weighted by Crippen LogP contribution is 2.28. The molecule has 0 saturated carbocycles. The molecule has 12 heteroatoms. The first-order valence-electron chi connectivity index (χ1n) is 13.8. The predicted octanol–water partition coefficient (Wildman–Crippen LogP) is 1.86. The highest BCUT2D eigenvalue weighted by Gasteiger charge is 2.34. The third-order valence-corrected chi connectivity index (χ3v) is 6.70. The number of hydrogen-bond donors (Lipinski definition) is 3. The van der Waals surface area contributed by atoms with Gasteiger partial charge < -0.3 is 29.7 Å². The van der Waals surface area contributed by atoms with Crippen LogP contribution < -0.4 is 10.1 Å². The lowest BCUT2D eigenvalue weighted by Gasteiger charge is -2.31. The highest BCUT2D eigenvalue weighted by molar-refractivity contribution is 6.13. The summed E-state index contributed by atoms with van der Waals surface area (Å²) in [6.45, 7) is 3.96. The first-order valence-corrected chi connectivity index (χ1v) is 13.8. The van der Waals surface area contributed by atoms with Crippen molar-refractivity contribution in [1.29, 1.82) is 0 Å². The summed E-state index contributed by atoms with van der Waals surface area (Å²) in [5, 5.41) is 22.2. The number of carbonyl (C=O) groups excluding carboxylic acids is 4. The van der Waals surface area contributed by atoms with Crippen LogP contribution in [0.2, 0.25) is 0 Å². The normalized spacial score (nSPS) is 20.4. The van der Waals surface area contributed by atoms with Gasteiger partial charge in [-0.25, -0.2) is 4.79 Å². The van der Waals surface area contributed by atoms with Gasteiger partial charge in [0.15, 0.2) is 6.10 Å². The molecule has 0 aromatic heterocycles. The summed E-state index contributed by atoms with van der Waals surface area (Å²) in [7, 11) is 0. The number of unbranched alkanes of at least 4 members (excludes halogenated alkanes) is 2. The van der Waals surface area contributed by atoms with Crippen molar-refractivity contribution in [3.63, 3.8) is 0 Å². The molecule has 224 valence electrons. The zero-order chi connectivity index (χ0) is 29.9. The Morgan fingerprint density at radius 1 is 1.10 bits per heavy atom. The molecule has 0 bridgehead atoms. The van der Waals surface area contributed by atoms with E-state index in [1.165, 1.54) is 12.2 Å². The Morgan fingerprint density at radius 3 is 2.51 bits per heavy atom. The van der Waals surface area contributed by atoms with E-state index in [0.29, 0.717) is 24.3 Å². The lowest BCUT2D eigenvalue weighted by molar-refractivity contribution is -0.195. The van der Waals surface area contributed by atoms with E-state index < -0.39 is 36.3 Å². The minimum Gasteiger partial charge on any atom is -0.479 e. The second-order valence-electron chi connectivity index (χ2n) is 10.4. The van der Waals surface area contributed by atoms with Gasteiger partial charge in [-0.3, -0.25) is 24.1 Å². The molecule has 0 radical (unpaired) electrons. The molecule has 3 rings (SSSR count). The van der Waals surface area contributed by atoms with Crippen molar-refractivity contribution in [3.8, 4) is 5.75 Å². The van der Waals surface area contributed by atoms with Crippen LogP contribution in [-0.4, -0.2) is 76.4 Å². The molecule has 41 heavy (non-hydrogen) atoms. The Kier molecular flexibility index (Phi) is 11.8. The van der Waals surface area contributed by atoms with Gasteiger partial charge in [-0.2, -0.15) is 0 Å². The van der Waals surface area contributed by atoms with Crippen LogP contribution in [0, 0.1) is 5.92 Å². The molecule has 12 nitrogen and oxygen atoms in total. The molecular formula is C29H38N2O10. The van der Waals surface area contributed by atoms with Crippen LogP contribution in [0.3, 0.4) is 0 Å². The van der Waals surface area contributed by atoms with Gasteiger partial charge in [0.05, 0.1) is 12.0 Å². The van der Waals surface area contributed by atoms with E-state index in [-0.39, 0.29) is 50.2 Å². The number of ether oxygens (including phenoxy) is 3. The van der Waals surface area contributed by atoms with Gasteiger partial charge >= 0.3 is 11.9 Å². The molecule has 1 fully saturated rings. The van der Waals surface area contributed by atoms with Gasteiger partial charge in [0, 0.05) is 50.1 Å². The summed E-state index contributed by atoms with van der Waals surface area (Å²) in [4.78, 5) is 59.5. The van der Waals surface area contributed by atoms with Crippen LogP contribution in [0.25, 0.3) is 0 Å². The first-order chi connectivity index (χ1) is 19.5. The number of amides is 3. The fraction of sp³-hybridized carbons (Fsp3) is 0.552. The molecule has 3 amide bonds. The average Bonchev–Trinajstić information content (AvgIpc) is 3.24. The van der Waals surface area contributed by atoms with Gasteiger partial charge in [0.1, 0.15) is 12.4 Å². The number of carboxylic acid groups (broad SMARTS) is 1. The van der Waals surface area contributed by atoms with E-state index in [2.05, 4.69) is 5.32 Å². The van der Waals surface area contributed by atoms with Crippen molar-refractivity contribution in [2.24, 2.45) is 5.92 Å². The standard InChI is InChI=1S/C29H38N2O10/c1-18(2)29(38)39-17-20-8-7-19(14-22(20)40-27-16-21(32)15-23(41-27)28(36)37)6-4-3-5-12-30-24(33)11-13-31-25(34)9-10-26(31)35/h7-10,14,18,21,23,27,32H,3-6,11-13,15-17H2,1-2H3,(H,30,33)(H,36,37)/t21-,23-,27+/m0/s1. The van der Waals surface area contributed by atoms with Crippen molar-refractivity contribution in [1.82, 2.24) is 10.2 Å². The molecule has 0 unspecified atom stereocenters. The topological polar surface area (TPSA) is 169 Å². The van der Waals surface area contributed by atoms with Crippen LogP contribution >= 0.6 is 0 Å². The maximum atomic E-state index is 12.0. The largest absolute Gasteiger partial charge is 0.479 e. The highest BCUT2D eigenvalue weighted by atomic mass is 16.7. The van der Waals surface area contributed by atoms with Crippen molar-refractivity contribution in [2.45, 2.75) is 83.9 Å². The third-order valence-electron chi connectivity index (χ3n) is 6.70. The number of nitrogens with one attached hydrogen (secondary N) is 1. The van der Waals surface area contributed by atoms with E-state index in [1.54, 1.807) is 26.0 Å². The van der Waals surface area contributed by atoms with E-state index in [4.69, 9.17) is 14.2 Å². The number of aryl methyl sites for hydroxylation is 1. The van der Waals surface area contributed by atoms with E-state index in [0.717, 1.165) is 29.7 Å². The zero-order valence-electron chi connectivity index (χ0n) is 23.4. The summed E-state index contributed by atoms with van der Waals surface area (Å²) in [5.74, 6) is -2.50. The number of carboxylic acids is 1. The number of aliphatic hydroxyl groups is 1. The van der Waals surface area contributed by atoms with Crippen molar-refractivity contribution in [2.75, 3.05) is 13.1 Å². The maximum absolute atomic E-state index is 12.0. The number of nitrogens with zero attached hydrogens (tertiary/aromatic N) is 1. The second kappa shape index (κ2) is 15.3. The number of imide groups is 1. The van der Waals surface area contributed by atoms with E-state index >= 15 is 0 Å². The Morgan fingerprint density at radius 2 is 1.83 bits per heavy atom. The monoisotopic (exact) mass is 574 g/mol. The molecule has 2 aliphatic rings. The smallest absolute Gasteiger partial charge is 0.333 e. The molecule has 2 aliphatic heterocycles. The molecule has 1 saturated heterocycles. The quantitative estimate of drug-likeness (QED) is 0.160. The Hall–Kier alpha value is -3.77. The number of benzene rings is 1. The van der Waals surface area contributed by atoms with Crippen LogP contribution in [0.15, 0.2) is 30.4 Å². The summed E-state index contributed by atoms with van der Waals surface area (Å²) in [6.07, 6.45) is 2.55. The molecule has 3 N–H and O–H groups in total. The fourth-order valence-corrected chi connectivity index (χ4v) is 4.35. The second-order valence-corrected chi connectivity index (χ2v) is 10.4. The third kappa shape index (κ3) is 9.98. The Labute approximate surface area is 238 Å². The zero-order valence-corrected chi connectivity index (χ0v) is 23.4. The molecule has 3 atom stereocenters. The maximum Gasteiger partial charge on any atom is 0.333 e. The number of esters is 1. The molecule has 2 heterocycles. The van der Waals surface area contributed by atoms with Gasteiger partial charge in [-0.1, -0.05) is 32.4 Å². The fourth-order valence-electron chi connectivity index (χ4n) is 4.35. The number of aliphatic carboxylic acids is 1. The van der Waals surface area contributed by atoms with Crippen LogP contribution in [-0.2, 0) is 46.5 Å². The van der Waals surface area contributed by atoms with Gasteiger partial charge in [-0.15, -0.1) is 0 Å². The van der Waals surface area contributed by atoms with E-state index in [9.17, 15) is 34.2 Å². The Bertz CT molecular complexity index is 1130. The lowest BCUT2D eigenvalue weighted by atomic mass is 10.0. The van der Waals surface area contributed by atoms with Crippen LogP contribution in [0.5, 0.6) is 5.75 Å². The predicted molar refractivity (Wildman–Crippen MR) is 144 cm³/mol. The number of carbonyl (C=O) groups is 5. The molecular weight excluding hydrogens is 536 g/mol. The van der Waals surface area contributed by atoms with E-state index in [1.807, 2.05) is 6.07 Å². The molecule has 1 aromatic rings. The number of rotatable bonds is 15. The minimum atomic E-state index is -1.18. The summed E-state index contributed by atoms with van der Waals surface area (Å²) < 4.78 is 16.9. The van der Waals surface area contributed by atoms with Crippen molar-refractivity contribution in [3.05, 3.63) is 41.5 Å². The van der Waals surface area contributed by atoms with Crippen LogP contribution in [0.4, 0.5) is 0 Å². The summed E-state index contributed by atoms with van der Waals surface area (Å²) >= 11 is 0.